The number of rotatable bonds is 3. The van der Waals surface area contributed by atoms with Crippen LogP contribution >= 0.6 is 0 Å². The van der Waals surface area contributed by atoms with Gasteiger partial charge in [-0.25, -0.2) is 5.10 Å². The monoisotopic (exact) mass is 328 g/mol. The van der Waals surface area contributed by atoms with Crippen LogP contribution in [0.4, 0.5) is 0 Å². The number of aromatic nitrogens is 2. The molecule has 0 saturated heterocycles. The lowest BCUT2D eigenvalue weighted by Gasteiger charge is -2.23. The molecule has 1 saturated carbocycles. The summed E-state index contributed by atoms with van der Waals surface area (Å²) < 4.78 is 0. The van der Waals surface area contributed by atoms with Gasteiger partial charge in [0, 0.05) is 11.4 Å². The molecule has 1 fully saturated rings. The lowest BCUT2D eigenvalue weighted by atomic mass is 9.94. The Balaban J connectivity index is 1.90. The molecule has 0 spiro atoms. The fourth-order valence-electron chi connectivity index (χ4n) is 3.35. The summed E-state index contributed by atoms with van der Waals surface area (Å²) in [5.74, 6) is -1.16. The number of amides is 2. The van der Waals surface area contributed by atoms with Crippen molar-refractivity contribution < 1.29 is 9.59 Å². The maximum atomic E-state index is 12.7. The Hall–Kier alpha value is -2.70. The quantitative estimate of drug-likeness (QED) is 0.731. The molecule has 1 aromatic carbocycles. The number of fused-ring (bicyclic) bond motifs is 1. The lowest BCUT2D eigenvalue weighted by molar-refractivity contribution is -0.122. The molecular formula is C17H20N4O3. The largest absolute Gasteiger partial charge is 0.369 e. The first-order valence-corrected chi connectivity index (χ1v) is 8.15. The number of primary amides is 1. The maximum absolute atomic E-state index is 12.7. The van der Waals surface area contributed by atoms with Crippen LogP contribution < -0.4 is 16.6 Å². The van der Waals surface area contributed by atoms with Gasteiger partial charge in [0.2, 0.25) is 5.91 Å². The van der Waals surface area contributed by atoms with Crippen molar-refractivity contribution in [2.24, 2.45) is 11.7 Å². The van der Waals surface area contributed by atoms with E-state index >= 15 is 0 Å². The van der Waals surface area contributed by atoms with Gasteiger partial charge in [-0.15, -0.1) is 0 Å². The van der Waals surface area contributed by atoms with Crippen molar-refractivity contribution in [3.05, 3.63) is 40.3 Å². The standard InChI is InChI=1S/C17H20N4O3/c18-15(22)12-8-2-1-3-9-13(12)19-17(24)14-10-6-4-5-7-11(10)16(23)21-20-14/h4-7,12-13H,1-3,8-9H2,(H2,18,22)(H,19,24)(H,21,23). The van der Waals surface area contributed by atoms with Crippen LogP contribution in [0.5, 0.6) is 0 Å². The van der Waals surface area contributed by atoms with Crippen LogP contribution in [0.3, 0.4) is 0 Å². The predicted molar refractivity (Wildman–Crippen MR) is 89.4 cm³/mol. The molecule has 2 aromatic rings. The molecule has 3 rings (SSSR count). The highest BCUT2D eigenvalue weighted by molar-refractivity contribution is 6.04. The molecule has 2 amide bonds. The van der Waals surface area contributed by atoms with Crippen molar-refractivity contribution >= 4 is 22.6 Å². The van der Waals surface area contributed by atoms with E-state index in [1.54, 1.807) is 24.3 Å². The molecule has 1 aliphatic carbocycles. The minimum atomic E-state index is -0.402. The van der Waals surface area contributed by atoms with Crippen LogP contribution in [0, 0.1) is 5.92 Å². The number of H-pyrrole nitrogens is 1. The highest BCUT2D eigenvalue weighted by Gasteiger charge is 2.30. The molecule has 126 valence electrons. The Morgan fingerprint density at radius 3 is 2.58 bits per heavy atom. The first-order chi connectivity index (χ1) is 11.6. The van der Waals surface area contributed by atoms with Gasteiger partial charge in [-0.2, -0.15) is 5.10 Å². The Kier molecular flexibility index (Phi) is 4.59. The Morgan fingerprint density at radius 1 is 1.12 bits per heavy atom. The van der Waals surface area contributed by atoms with Gasteiger partial charge in [0.25, 0.3) is 11.5 Å². The first kappa shape index (κ1) is 16.2. The van der Waals surface area contributed by atoms with Gasteiger partial charge in [-0.3, -0.25) is 14.4 Å². The molecule has 24 heavy (non-hydrogen) atoms. The van der Waals surface area contributed by atoms with Crippen LogP contribution in [0.1, 0.15) is 42.6 Å². The second-order valence-corrected chi connectivity index (χ2v) is 6.17. The summed E-state index contributed by atoms with van der Waals surface area (Å²) in [7, 11) is 0. The normalized spacial score (nSPS) is 21.2. The Bertz CT molecular complexity index is 830. The number of nitrogens with two attached hydrogens (primary N) is 1. The third kappa shape index (κ3) is 3.15. The van der Waals surface area contributed by atoms with Crippen LogP contribution in [0.25, 0.3) is 10.8 Å². The second kappa shape index (κ2) is 6.82. The molecule has 2 unspecified atom stereocenters. The second-order valence-electron chi connectivity index (χ2n) is 6.17. The average Bonchev–Trinajstić information content (AvgIpc) is 2.81. The van der Waals surface area contributed by atoms with E-state index in [-0.39, 0.29) is 29.1 Å². The van der Waals surface area contributed by atoms with Crippen molar-refractivity contribution in [2.45, 2.75) is 38.1 Å². The average molecular weight is 328 g/mol. The van der Waals surface area contributed by atoms with Gasteiger partial charge < -0.3 is 11.1 Å². The number of hydrogen-bond donors (Lipinski definition) is 3. The summed E-state index contributed by atoms with van der Waals surface area (Å²) in [6.07, 6.45) is 4.28. The molecule has 7 nitrogen and oxygen atoms in total. The molecule has 2 atom stereocenters. The van der Waals surface area contributed by atoms with Crippen molar-refractivity contribution in [1.82, 2.24) is 15.5 Å². The lowest BCUT2D eigenvalue weighted by Crippen LogP contribution is -2.45. The smallest absolute Gasteiger partial charge is 0.272 e. The molecular weight excluding hydrogens is 308 g/mol. The topological polar surface area (TPSA) is 118 Å². The van der Waals surface area contributed by atoms with Crippen LogP contribution in [0.2, 0.25) is 0 Å². The zero-order valence-corrected chi connectivity index (χ0v) is 13.2. The van der Waals surface area contributed by atoms with Crippen molar-refractivity contribution in [3.63, 3.8) is 0 Å². The van der Waals surface area contributed by atoms with Crippen molar-refractivity contribution in [1.29, 1.82) is 0 Å². The highest BCUT2D eigenvalue weighted by atomic mass is 16.2. The van der Waals surface area contributed by atoms with Crippen molar-refractivity contribution in [2.75, 3.05) is 0 Å². The number of nitrogens with one attached hydrogen (secondary N) is 2. The van der Waals surface area contributed by atoms with E-state index < -0.39 is 5.91 Å². The molecule has 1 aliphatic rings. The minimum Gasteiger partial charge on any atom is -0.369 e. The Morgan fingerprint density at radius 2 is 1.83 bits per heavy atom. The summed E-state index contributed by atoms with van der Waals surface area (Å²) in [5, 5.41) is 10.0. The zero-order valence-electron chi connectivity index (χ0n) is 13.2. The molecule has 7 heteroatoms. The number of carbonyl (C=O) groups excluding carboxylic acids is 2. The molecule has 0 bridgehead atoms. The summed E-state index contributed by atoms with van der Waals surface area (Å²) in [5.41, 5.74) is 5.31. The van der Waals surface area contributed by atoms with Crippen LogP contribution in [-0.4, -0.2) is 28.1 Å². The van der Waals surface area contributed by atoms with Gasteiger partial charge >= 0.3 is 0 Å². The highest BCUT2D eigenvalue weighted by Crippen LogP contribution is 2.24. The number of nitrogens with zero attached hydrogens (tertiary/aromatic N) is 1. The fourth-order valence-corrected chi connectivity index (χ4v) is 3.35. The Labute approximate surface area is 138 Å². The number of benzene rings is 1. The molecule has 0 aliphatic heterocycles. The molecule has 4 N–H and O–H groups in total. The van der Waals surface area contributed by atoms with Crippen LogP contribution in [0.15, 0.2) is 29.1 Å². The van der Waals surface area contributed by atoms with Gasteiger partial charge in [0.15, 0.2) is 5.69 Å². The van der Waals surface area contributed by atoms with Gasteiger partial charge in [-0.1, -0.05) is 37.5 Å². The van der Waals surface area contributed by atoms with E-state index in [0.29, 0.717) is 23.6 Å². The fraction of sp³-hybridized carbons (Fsp3) is 0.412. The summed E-state index contributed by atoms with van der Waals surface area (Å²) in [4.78, 5) is 36.2. The van der Waals surface area contributed by atoms with Crippen LogP contribution in [-0.2, 0) is 4.79 Å². The number of aromatic amines is 1. The summed E-state index contributed by atoms with van der Waals surface area (Å²) in [6, 6.07) is 6.51. The van der Waals surface area contributed by atoms with E-state index in [1.165, 1.54) is 0 Å². The predicted octanol–water partition coefficient (Wildman–Crippen LogP) is 1.09. The van der Waals surface area contributed by atoms with Crippen molar-refractivity contribution in [3.8, 4) is 0 Å². The zero-order chi connectivity index (χ0) is 17.1. The minimum absolute atomic E-state index is 0.151. The SMILES string of the molecule is NC(=O)C1CCCCCC1NC(=O)c1n[nH]c(=O)c2ccccc12. The molecule has 1 aromatic heterocycles. The first-order valence-electron chi connectivity index (χ1n) is 8.15. The third-order valence-corrected chi connectivity index (χ3v) is 4.61. The third-order valence-electron chi connectivity index (χ3n) is 4.61. The van der Waals surface area contributed by atoms with E-state index in [0.717, 1.165) is 19.3 Å². The van der Waals surface area contributed by atoms with Gasteiger partial charge in [0.05, 0.1) is 11.3 Å². The van der Waals surface area contributed by atoms with E-state index in [4.69, 9.17) is 5.73 Å². The van der Waals surface area contributed by atoms with E-state index in [1.807, 2.05) is 0 Å². The van der Waals surface area contributed by atoms with E-state index in [2.05, 4.69) is 15.5 Å². The maximum Gasteiger partial charge on any atom is 0.272 e. The number of hydrogen-bond acceptors (Lipinski definition) is 4. The summed E-state index contributed by atoms with van der Waals surface area (Å²) >= 11 is 0. The number of carbonyl (C=O) groups is 2. The molecule has 1 heterocycles. The van der Waals surface area contributed by atoms with Gasteiger partial charge in [-0.05, 0) is 18.9 Å². The summed E-state index contributed by atoms with van der Waals surface area (Å²) in [6.45, 7) is 0. The molecule has 0 radical (unpaired) electrons. The van der Waals surface area contributed by atoms with E-state index in [9.17, 15) is 14.4 Å². The van der Waals surface area contributed by atoms with Gasteiger partial charge in [0.1, 0.15) is 0 Å².